The average Bonchev–Trinajstić information content (AvgIpc) is 3.53. The zero-order chi connectivity index (χ0) is 30.2. The SMILES string of the molecule is CS(=O)(=O)NC(=O)C1=C(c2ccn(CC3CC3)n2)C[C@](c2ccc(OCCCC(F)(F)F)cc2)(C(F)(F)F)NC1=O. The molecule has 0 saturated heterocycles. The molecule has 2 aliphatic rings. The standard InChI is InChI=1S/C25H26F6N4O5S/c1-41(38,39)34-22(37)20-18(19-9-11-35(33-19)14-15-3-4-15)13-23(25(29,30)31,32-21(20)36)16-5-7-17(8-6-16)40-12-2-10-24(26,27)28/h5-9,11,15H,2-4,10,12-14H2,1H3,(H,32,36)(H,34,37)/t23-/m0/s1. The van der Waals surface area contributed by atoms with Crippen LogP contribution in [0.5, 0.6) is 5.75 Å². The van der Waals surface area contributed by atoms with Crippen LogP contribution in [0.15, 0.2) is 42.1 Å². The van der Waals surface area contributed by atoms with Crippen LogP contribution in [0.1, 0.15) is 43.4 Å². The number of carbonyl (C=O) groups is 2. The van der Waals surface area contributed by atoms with Gasteiger partial charge in [0.05, 0.1) is 18.6 Å². The van der Waals surface area contributed by atoms with E-state index in [2.05, 4.69) is 5.10 Å². The molecule has 1 aliphatic heterocycles. The molecule has 1 saturated carbocycles. The molecule has 16 heteroatoms. The summed E-state index contributed by atoms with van der Waals surface area (Å²) in [5.41, 5.74) is -4.83. The first-order chi connectivity index (χ1) is 19.0. The van der Waals surface area contributed by atoms with Gasteiger partial charge in [0, 0.05) is 31.2 Å². The molecule has 2 amide bonds. The van der Waals surface area contributed by atoms with E-state index in [0.717, 1.165) is 37.1 Å². The highest BCUT2D eigenvalue weighted by molar-refractivity contribution is 7.89. The fraction of sp³-hybridized carbons (Fsp3) is 0.480. The molecular formula is C25H26F6N4O5S. The van der Waals surface area contributed by atoms with Crippen molar-refractivity contribution in [2.75, 3.05) is 12.9 Å². The Labute approximate surface area is 231 Å². The second kappa shape index (κ2) is 11.0. The van der Waals surface area contributed by atoms with Gasteiger partial charge in [0.15, 0.2) is 5.54 Å². The molecule has 0 radical (unpaired) electrons. The summed E-state index contributed by atoms with van der Waals surface area (Å²) in [5.74, 6) is -2.51. The van der Waals surface area contributed by atoms with Gasteiger partial charge in [-0.1, -0.05) is 12.1 Å². The molecule has 1 fully saturated rings. The highest BCUT2D eigenvalue weighted by atomic mass is 32.2. The van der Waals surface area contributed by atoms with E-state index in [9.17, 15) is 44.3 Å². The fourth-order valence-corrected chi connectivity index (χ4v) is 4.90. The Balaban J connectivity index is 1.70. The molecule has 9 nitrogen and oxygen atoms in total. The third-order valence-electron chi connectivity index (χ3n) is 6.60. The van der Waals surface area contributed by atoms with Crippen LogP contribution in [0.4, 0.5) is 26.3 Å². The molecule has 1 atom stereocenters. The number of carbonyl (C=O) groups excluding carboxylic acids is 2. The molecule has 0 bridgehead atoms. The molecule has 0 unspecified atom stereocenters. The predicted octanol–water partition coefficient (Wildman–Crippen LogP) is 3.82. The summed E-state index contributed by atoms with van der Waals surface area (Å²) in [5, 5.41) is 6.14. The number of amides is 2. The number of nitrogens with zero attached hydrogens (tertiary/aromatic N) is 2. The van der Waals surface area contributed by atoms with Crippen LogP contribution >= 0.6 is 0 Å². The number of hydrogen-bond acceptors (Lipinski definition) is 6. The first-order valence-electron chi connectivity index (χ1n) is 12.5. The molecular weight excluding hydrogens is 582 g/mol. The summed E-state index contributed by atoms with van der Waals surface area (Å²) in [4.78, 5) is 26.0. The first kappa shape index (κ1) is 30.4. The second-order valence-corrected chi connectivity index (χ2v) is 11.8. The first-order valence-corrected chi connectivity index (χ1v) is 14.3. The van der Waals surface area contributed by atoms with Crippen LogP contribution in [0.25, 0.3) is 5.57 Å². The minimum Gasteiger partial charge on any atom is -0.494 e. The van der Waals surface area contributed by atoms with Crippen molar-refractivity contribution < 1.29 is 49.1 Å². The zero-order valence-corrected chi connectivity index (χ0v) is 22.4. The molecule has 2 N–H and O–H groups in total. The van der Waals surface area contributed by atoms with Gasteiger partial charge in [0.1, 0.15) is 11.3 Å². The normalized spacial score (nSPS) is 20.1. The lowest BCUT2D eigenvalue weighted by Crippen LogP contribution is -2.59. The van der Waals surface area contributed by atoms with Crippen LogP contribution < -0.4 is 14.8 Å². The maximum Gasteiger partial charge on any atom is 0.416 e. The van der Waals surface area contributed by atoms with E-state index in [-0.39, 0.29) is 24.5 Å². The lowest BCUT2D eigenvalue weighted by atomic mass is 9.77. The van der Waals surface area contributed by atoms with E-state index >= 15 is 0 Å². The van der Waals surface area contributed by atoms with Gasteiger partial charge >= 0.3 is 12.4 Å². The van der Waals surface area contributed by atoms with Gasteiger partial charge < -0.3 is 10.1 Å². The van der Waals surface area contributed by atoms with Crippen molar-refractivity contribution in [2.45, 2.75) is 56.5 Å². The number of halogens is 6. The molecule has 1 aromatic carbocycles. The summed E-state index contributed by atoms with van der Waals surface area (Å²) in [6.45, 7) is 0.161. The van der Waals surface area contributed by atoms with Crippen LogP contribution in [-0.2, 0) is 31.7 Å². The molecule has 2 aromatic rings. The third kappa shape index (κ3) is 7.40. The van der Waals surface area contributed by atoms with Gasteiger partial charge in [-0.15, -0.1) is 0 Å². The number of nitrogens with one attached hydrogen (secondary N) is 2. The van der Waals surface area contributed by atoms with Crippen LogP contribution in [0.2, 0.25) is 0 Å². The van der Waals surface area contributed by atoms with Gasteiger partial charge in [0.2, 0.25) is 10.0 Å². The van der Waals surface area contributed by atoms with Crippen molar-refractivity contribution in [3.63, 3.8) is 0 Å². The highest BCUT2D eigenvalue weighted by Crippen LogP contribution is 2.48. The lowest BCUT2D eigenvalue weighted by Gasteiger charge is -2.41. The monoisotopic (exact) mass is 608 g/mol. The van der Waals surface area contributed by atoms with E-state index in [1.165, 1.54) is 16.9 Å². The number of alkyl halides is 6. The van der Waals surface area contributed by atoms with Gasteiger partial charge in [-0.3, -0.25) is 14.3 Å². The maximum atomic E-state index is 14.8. The smallest absolute Gasteiger partial charge is 0.416 e. The zero-order valence-electron chi connectivity index (χ0n) is 21.6. The summed E-state index contributed by atoms with van der Waals surface area (Å²) in [6, 6.07) is 5.63. The summed E-state index contributed by atoms with van der Waals surface area (Å²) < 4.78 is 113. The van der Waals surface area contributed by atoms with Crippen molar-refractivity contribution >= 4 is 27.4 Å². The van der Waals surface area contributed by atoms with Crippen molar-refractivity contribution in [1.82, 2.24) is 19.8 Å². The van der Waals surface area contributed by atoms with Gasteiger partial charge in [-0.25, -0.2) is 13.1 Å². The quantitative estimate of drug-likeness (QED) is 0.241. The van der Waals surface area contributed by atoms with E-state index in [1.54, 1.807) is 4.72 Å². The predicted molar refractivity (Wildman–Crippen MR) is 133 cm³/mol. The molecule has 224 valence electrons. The number of sulfonamides is 1. The summed E-state index contributed by atoms with van der Waals surface area (Å²) >= 11 is 0. The maximum absolute atomic E-state index is 14.8. The molecule has 1 aromatic heterocycles. The Morgan fingerprint density at radius 1 is 1.15 bits per heavy atom. The number of rotatable bonds is 10. The van der Waals surface area contributed by atoms with E-state index in [4.69, 9.17) is 4.74 Å². The Morgan fingerprint density at radius 3 is 2.37 bits per heavy atom. The van der Waals surface area contributed by atoms with Crippen molar-refractivity contribution in [3.8, 4) is 5.75 Å². The van der Waals surface area contributed by atoms with E-state index in [0.29, 0.717) is 18.7 Å². The number of hydrogen-bond donors (Lipinski definition) is 2. The van der Waals surface area contributed by atoms with Crippen LogP contribution in [0.3, 0.4) is 0 Å². The van der Waals surface area contributed by atoms with Crippen molar-refractivity contribution in [1.29, 1.82) is 0 Å². The lowest BCUT2D eigenvalue weighted by molar-refractivity contribution is -0.202. The van der Waals surface area contributed by atoms with Gasteiger partial charge in [-0.2, -0.15) is 31.4 Å². The molecule has 2 heterocycles. The highest BCUT2D eigenvalue weighted by Gasteiger charge is 2.60. The van der Waals surface area contributed by atoms with E-state index < -0.39 is 69.3 Å². The number of aromatic nitrogens is 2. The van der Waals surface area contributed by atoms with Gasteiger partial charge in [-0.05, 0) is 48.9 Å². The van der Waals surface area contributed by atoms with E-state index in [1.807, 2.05) is 5.32 Å². The molecule has 0 spiro atoms. The Hall–Kier alpha value is -3.56. The third-order valence-corrected chi connectivity index (χ3v) is 7.16. The van der Waals surface area contributed by atoms with Crippen LogP contribution in [-0.4, -0.2) is 55.2 Å². The van der Waals surface area contributed by atoms with Gasteiger partial charge in [0.25, 0.3) is 11.8 Å². The molecule has 1 aliphatic carbocycles. The van der Waals surface area contributed by atoms with Crippen molar-refractivity contribution in [3.05, 3.63) is 53.4 Å². The minimum atomic E-state index is -5.11. The molecule has 4 rings (SSSR count). The summed E-state index contributed by atoms with van der Waals surface area (Å²) in [7, 11) is -4.17. The van der Waals surface area contributed by atoms with Crippen LogP contribution in [0, 0.1) is 5.92 Å². The topological polar surface area (TPSA) is 119 Å². The molecule has 41 heavy (non-hydrogen) atoms. The minimum absolute atomic E-state index is 0.0122. The Morgan fingerprint density at radius 2 is 1.80 bits per heavy atom. The Kier molecular flexibility index (Phi) is 8.17. The average molecular weight is 609 g/mol. The summed E-state index contributed by atoms with van der Waals surface area (Å²) in [6.07, 6.45) is -7.85. The van der Waals surface area contributed by atoms with Crippen molar-refractivity contribution in [2.24, 2.45) is 5.92 Å². The Bertz CT molecular complexity index is 1450. The second-order valence-electron chi connectivity index (χ2n) is 10.0. The fourth-order valence-electron chi connectivity index (χ4n) is 4.47. The number of benzene rings is 1. The largest absolute Gasteiger partial charge is 0.494 e. The number of ether oxygens (including phenoxy) is 1.